The van der Waals surface area contributed by atoms with Gasteiger partial charge in [0, 0.05) is 13.1 Å². The zero-order valence-corrected chi connectivity index (χ0v) is 10.1. The Bertz CT molecular complexity index is 434. The van der Waals surface area contributed by atoms with Crippen molar-refractivity contribution in [3.8, 4) is 0 Å². The number of nitrogens with zero attached hydrogens (tertiary/aromatic N) is 3. The number of carbonyl (C=O) groups excluding carboxylic acids is 1. The Morgan fingerprint density at radius 2 is 2.24 bits per heavy atom. The summed E-state index contributed by atoms with van der Waals surface area (Å²) in [6, 6.07) is 0. The minimum atomic E-state index is -2.64. The van der Waals surface area contributed by atoms with E-state index in [2.05, 4.69) is 4.98 Å². The van der Waals surface area contributed by atoms with E-state index in [-0.39, 0.29) is 5.82 Å². The van der Waals surface area contributed by atoms with Gasteiger partial charge in [-0.2, -0.15) is 0 Å². The molecule has 1 rings (SSSR count). The summed E-state index contributed by atoms with van der Waals surface area (Å²) in [5.41, 5.74) is 0.739. The summed E-state index contributed by atoms with van der Waals surface area (Å²) in [5, 5.41) is 0. The van der Waals surface area contributed by atoms with Gasteiger partial charge in [-0.1, -0.05) is 0 Å². The van der Waals surface area contributed by atoms with Gasteiger partial charge in [-0.25, -0.2) is 18.6 Å². The maximum absolute atomic E-state index is 12.7. The molecule has 0 saturated heterocycles. The van der Waals surface area contributed by atoms with E-state index in [1.807, 2.05) is 0 Å². The van der Waals surface area contributed by atoms with Crippen molar-refractivity contribution in [2.45, 2.75) is 19.9 Å². The van der Waals surface area contributed by atoms with Crippen molar-refractivity contribution in [3.05, 3.63) is 17.7 Å². The fourth-order valence-corrected chi connectivity index (χ4v) is 1.62. The third-order valence-electron chi connectivity index (χ3n) is 2.30. The van der Waals surface area contributed by atoms with Crippen molar-refractivity contribution in [1.29, 1.82) is 0 Å². The van der Waals surface area contributed by atoms with Crippen LogP contribution < -0.4 is 0 Å². The summed E-state index contributed by atoms with van der Waals surface area (Å²) in [5.74, 6) is 1.48. The highest BCUT2D eigenvalue weighted by molar-refractivity contribution is 5.87. The van der Waals surface area contributed by atoms with Crippen LogP contribution in [-0.2, 0) is 11.3 Å². The van der Waals surface area contributed by atoms with E-state index in [0.29, 0.717) is 24.4 Å². The first kappa shape index (κ1) is 13.5. The van der Waals surface area contributed by atoms with E-state index < -0.39 is 6.43 Å². The van der Waals surface area contributed by atoms with Crippen molar-refractivity contribution in [3.63, 3.8) is 0 Å². The van der Waals surface area contributed by atoms with Gasteiger partial charge in [0.2, 0.25) is 0 Å². The van der Waals surface area contributed by atoms with Crippen LogP contribution >= 0.6 is 0 Å². The predicted octanol–water partition coefficient (Wildman–Crippen LogP) is 1.62. The number of rotatable bonds is 5. The summed E-state index contributed by atoms with van der Waals surface area (Å²) in [6.07, 6.45) is -1.34. The van der Waals surface area contributed by atoms with E-state index in [1.54, 1.807) is 31.9 Å². The first-order valence-corrected chi connectivity index (χ1v) is 5.23. The molecule has 0 aliphatic carbocycles. The number of aromatic nitrogens is 2. The van der Waals surface area contributed by atoms with Crippen molar-refractivity contribution in [1.82, 2.24) is 14.5 Å². The Balaban J connectivity index is 3.17. The van der Waals surface area contributed by atoms with Crippen molar-refractivity contribution >= 4 is 11.5 Å². The number of hydrogen-bond donors (Lipinski definition) is 0. The average Bonchev–Trinajstić information content (AvgIpc) is 2.68. The molecule has 1 aromatic rings. The largest absolute Gasteiger partial charge is 0.323 e. The number of halogens is 2. The van der Waals surface area contributed by atoms with Crippen LogP contribution in [0.2, 0.25) is 0 Å². The number of likely N-dealkylation sites (N-methyl/N-ethyl adjacent to an activating group) is 1. The normalized spacial score (nSPS) is 11.0. The van der Waals surface area contributed by atoms with Gasteiger partial charge in [0.1, 0.15) is 5.94 Å². The first-order chi connectivity index (χ1) is 8.01. The summed E-state index contributed by atoms with van der Waals surface area (Å²) in [6.45, 7) is 2.42. The second-order valence-corrected chi connectivity index (χ2v) is 3.86. The predicted molar refractivity (Wildman–Crippen MR) is 60.5 cm³/mol. The molecular weight excluding hydrogens is 228 g/mol. The van der Waals surface area contributed by atoms with Crippen LogP contribution in [0, 0.1) is 0 Å². The molecule has 0 aliphatic rings. The first-order valence-electron chi connectivity index (χ1n) is 5.23. The van der Waals surface area contributed by atoms with E-state index in [9.17, 15) is 13.6 Å². The molecule has 17 heavy (non-hydrogen) atoms. The third-order valence-corrected chi connectivity index (χ3v) is 2.30. The minimum absolute atomic E-state index is 0.311. The average molecular weight is 243 g/mol. The van der Waals surface area contributed by atoms with Gasteiger partial charge in [-0.3, -0.25) is 0 Å². The number of alkyl halides is 2. The van der Waals surface area contributed by atoms with Gasteiger partial charge in [-0.15, -0.1) is 0 Å². The molecule has 94 valence electrons. The van der Waals surface area contributed by atoms with Crippen LogP contribution in [0.25, 0.3) is 5.57 Å². The number of hydrogen-bond acceptors (Lipinski definition) is 3. The molecule has 0 aliphatic heterocycles. The quantitative estimate of drug-likeness (QED) is 0.737. The van der Waals surface area contributed by atoms with Crippen molar-refractivity contribution < 1.29 is 13.6 Å². The lowest BCUT2D eigenvalue weighted by Crippen LogP contribution is -2.17. The van der Waals surface area contributed by atoms with E-state index in [1.165, 1.54) is 10.8 Å². The monoisotopic (exact) mass is 243 g/mol. The van der Waals surface area contributed by atoms with Crippen LogP contribution in [-0.4, -0.2) is 41.0 Å². The van der Waals surface area contributed by atoms with Crippen LogP contribution in [0.1, 0.15) is 24.9 Å². The van der Waals surface area contributed by atoms with Crippen LogP contribution in [0.3, 0.4) is 0 Å². The molecular formula is C11H15F2N3O. The Kier molecular flexibility index (Phi) is 4.54. The molecule has 0 fully saturated rings. The molecule has 0 radical (unpaired) electrons. The second kappa shape index (κ2) is 5.70. The van der Waals surface area contributed by atoms with Gasteiger partial charge in [0.05, 0.1) is 17.5 Å². The van der Waals surface area contributed by atoms with Crippen LogP contribution in [0.15, 0.2) is 6.20 Å². The Labute approximate surface area is 98.6 Å². The van der Waals surface area contributed by atoms with E-state index in [0.717, 1.165) is 0 Å². The molecule has 0 spiro atoms. The highest BCUT2D eigenvalue weighted by atomic mass is 19.3. The van der Waals surface area contributed by atoms with E-state index >= 15 is 0 Å². The van der Waals surface area contributed by atoms with E-state index in [4.69, 9.17) is 0 Å². The molecule has 0 bridgehead atoms. The molecule has 0 N–H and O–H groups in total. The van der Waals surface area contributed by atoms with Gasteiger partial charge < -0.3 is 9.47 Å². The highest BCUT2D eigenvalue weighted by Crippen LogP contribution is 2.22. The zero-order chi connectivity index (χ0) is 13.0. The Morgan fingerprint density at radius 3 is 2.65 bits per heavy atom. The smallest absolute Gasteiger partial charge is 0.295 e. The SMILES string of the molecule is CCn1c(C(=C=O)CN(C)C)cnc1C(F)F. The standard InChI is InChI=1S/C11H15F2N3O/c1-4-16-9(5-14-11(16)10(12)13)8(7-17)6-15(2)3/h5,10H,4,6H2,1-3H3. The Morgan fingerprint density at radius 1 is 1.59 bits per heavy atom. The number of imidazole rings is 1. The highest BCUT2D eigenvalue weighted by Gasteiger charge is 2.19. The summed E-state index contributed by atoms with van der Waals surface area (Å²) >= 11 is 0. The summed E-state index contributed by atoms with van der Waals surface area (Å²) in [4.78, 5) is 16.3. The molecule has 1 aromatic heterocycles. The molecule has 0 aromatic carbocycles. The topological polar surface area (TPSA) is 38.1 Å². The Hall–Kier alpha value is -1.52. The molecule has 0 saturated carbocycles. The van der Waals surface area contributed by atoms with Gasteiger partial charge in [0.25, 0.3) is 6.43 Å². The zero-order valence-electron chi connectivity index (χ0n) is 10.1. The second-order valence-electron chi connectivity index (χ2n) is 3.86. The molecule has 0 unspecified atom stereocenters. The lowest BCUT2D eigenvalue weighted by molar-refractivity contribution is 0.135. The van der Waals surface area contributed by atoms with Crippen LogP contribution in [0.5, 0.6) is 0 Å². The molecule has 0 atom stereocenters. The van der Waals surface area contributed by atoms with Gasteiger partial charge in [-0.05, 0) is 21.0 Å². The van der Waals surface area contributed by atoms with Crippen molar-refractivity contribution in [2.24, 2.45) is 0 Å². The third kappa shape index (κ3) is 2.99. The summed E-state index contributed by atoms with van der Waals surface area (Å²) < 4.78 is 26.7. The fourth-order valence-electron chi connectivity index (χ4n) is 1.62. The molecule has 1 heterocycles. The van der Waals surface area contributed by atoms with Crippen LogP contribution in [0.4, 0.5) is 8.78 Å². The molecule has 4 nitrogen and oxygen atoms in total. The maximum Gasteiger partial charge on any atom is 0.295 e. The van der Waals surface area contributed by atoms with Crippen molar-refractivity contribution in [2.75, 3.05) is 20.6 Å². The molecule has 0 amide bonds. The molecule has 6 heteroatoms. The lowest BCUT2D eigenvalue weighted by atomic mass is 10.2. The summed E-state index contributed by atoms with van der Waals surface area (Å²) in [7, 11) is 3.58. The van der Waals surface area contributed by atoms with Gasteiger partial charge >= 0.3 is 0 Å². The fraction of sp³-hybridized carbons (Fsp3) is 0.545. The minimum Gasteiger partial charge on any atom is -0.323 e. The van der Waals surface area contributed by atoms with Gasteiger partial charge in [0.15, 0.2) is 5.82 Å². The lowest BCUT2D eigenvalue weighted by Gasteiger charge is -2.13. The maximum atomic E-state index is 12.7.